The largest absolute Gasteiger partial charge is 0.352 e. The predicted octanol–water partition coefficient (Wildman–Crippen LogP) is 3.08. The molecule has 3 nitrogen and oxygen atoms in total. The van der Waals surface area contributed by atoms with Crippen LogP contribution in [0.2, 0.25) is 0 Å². The van der Waals surface area contributed by atoms with Crippen LogP contribution in [0.1, 0.15) is 39.3 Å². The number of nitrogens with one attached hydrogen (secondary N) is 1. The van der Waals surface area contributed by atoms with Crippen molar-refractivity contribution in [2.24, 2.45) is 0 Å². The standard InChI is InChI=1S/C15H25N3S/c1-5-16-11(2)14-7-6-8-17-15(14)18-9-10-19-13(4)12(18)3/h6-8,11-13,16H,5,9-10H2,1-4H3. The van der Waals surface area contributed by atoms with E-state index in [1.807, 2.05) is 12.3 Å². The Morgan fingerprint density at radius 3 is 3.05 bits per heavy atom. The second-order valence-corrected chi connectivity index (χ2v) is 6.69. The summed E-state index contributed by atoms with van der Waals surface area (Å²) in [5.74, 6) is 2.35. The molecule has 1 fully saturated rings. The van der Waals surface area contributed by atoms with Crippen molar-refractivity contribution in [2.75, 3.05) is 23.7 Å². The van der Waals surface area contributed by atoms with Crippen molar-refractivity contribution in [2.45, 2.75) is 45.0 Å². The van der Waals surface area contributed by atoms with Gasteiger partial charge in [0, 0.05) is 41.4 Å². The van der Waals surface area contributed by atoms with Crippen LogP contribution in [0, 0.1) is 0 Å². The predicted molar refractivity (Wildman–Crippen MR) is 85.1 cm³/mol. The van der Waals surface area contributed by atoms with E-state index in [-0.39, 0.29) is 0 Å². The molecule has 1 aromatic heterocycles. The van der Waals surface area contributed by atoms with Crippen LogP contribution in [0.15, 0.2) is 18.3 Å². The zero-order chi connectivity index (χ0) is 13.8. The Bertz CT molecular complexity index is 410. The molecular formula is C15H25N3S. The maximum Gasteiger partial charge on any atom is 0.133 e. The zero-order valence-electron chi connectivity index (χ0n) is 12.4. The molecule has 3 unspecified atom stereocenters. The van der Waals surface area contributed by atoms with E-state index < -0.39 is 0 Å². The second kappa shape index (κ2) is 6.62. The van der Waals surface area contributed by atoms with Gasteiger partial charge in [-0.3, -0.25) is 0 Å². The molecule has 19 heavy (non-hydrogen) atoms. The van der Waals surface area contributed by atoms with Crippen molar-refractivity contribution in [3.8, 4) is 0 Å². The van der Waals surface area contributed by atoms with E-state index in [4.69, 9.17) is 0 Å². The van der Waals surface area contributed by atoms with Gasteiger partial charge in [0.1, 0.15) is 5.82 Å². The number of rotatable bonds is 4. The van der Waals surface area contributed by atoms with Gasteiger partial charge in [-0.05, 0) is 26.5 Å². The van der Waals surface area contributed by atoms with Gasteiger partial charge in [0.25, 0.3) is 0 Å². The summed E-state index contributed by atoms with van der Waals surface area (Å²) in [6.07, 6.45) is 1.91. The van der Waals surface area contributed by atoms with Crippen molar-refractivity contribution >= 4 is 17.6 Å². The molecule has 3 atom stereocenters. The van der Waals surface area contributed by atoms with Gasteiger partial charge in [0.05, 0.1) is 0 Å². The number of pyridine rings is 1. The summed E-state index contributed by atoms with van der Waals surface area (Å²) in [6, 6.07) is 5.14. The van der Waals surface area contributed by atoms with Crippen LogP contribution in [0.25, 0.3) is 0 Å². The highest BCUT2D eigenvalue weighted by Gasteiger charge is 2.28. The number of hydrogen-bond acceptors (Lipinski definition) is 4. The van der Waals surface area contributed by atoms with Gasteiger partial charge in [-0.1, -0.05) is 19.9 Å². The van der Waals surface area contributed by atoms with Gasteiger partial charge in [-0.25, -0.2) is 4.98 Å². The first-order chi connectivity index (χ1) is 9.15. The molecule has 0 radical (unpaired) electrons. The fourth-order valence-corrected chi connectivity index (χ4v) is 3.73. The third-order valence-corrected chi connectivity index (χ3v) is 5.29. The Kier molecular flexibility index (Phi) is 5.11. The Morgan fingerprint density at radius 2 is 2.32 bits per heavy atom. The lowest BCUT2D eigenvalue weighted by molar-refractivity contribution is 0.577. The first-order valence-corrected chi connectivity index (χ1v) is 8.26. The van der Waals surface area contributed by atoms with Crippen molar-refractivity contribution in [3.63, 3.8) is 0 Å². The summed E-state index contributed by atoms with van der Waals surface area (Å²) in [5.41, 5.74) is 1.32. The van der Waals surface area contributed by atoms with E-state index in [0.717, 1.165) is 18.9 Å². The Morgan fingerprint density at radius 1 is 1.53 bits per heavy atom. The van der Waals surface area contributed by atoms with Crippen molar-refractivity contribution in [3.05, 3.63) is 23.9 Å². The average Bonchev–Trinajstić information content (AvgIpc) is 2.42. The molecule has 0 aliphatic carbocycles. The van der Waals surface area contributed by atoms with Crippen LogP contribution in [0.4, 0.5) is 5.82 Å². The number of anilines is 1. The molecule has 0 spiro atoms. The van der Waals surface area contributed by atoms with Crippen LogP contribution in [-0.2, 0) is 0 Å². The lowest BCUT2D eigenvalue weighted by Gasteiger charge is -2.39. The highest BCUT2D eigenvalue weighted by atomic mass is 32.2. The fraction of sp³-hybridized carbons (Fsp3) is 0.667. The van der Waals surface area contributed by atoms with E-state index >= 15 is 0 Å². The van der Waals surface area contributed by atoms with Crippen molar-refractivity contribution in [1.82, 2.24) is 10.3 Å². The molecule has 0 aromatic carbocycles. The van der Waals surface area contributed by atoms with E-state index in [1.165, 1.54) is 11.3 Å². The molecular weight excluding hydrogens is 254 g/mol. The number of aromatic nitrogens is 1. The monoisotopic (exact) mass is 279 g/mol. The Hall–Kier alpha value is -0.740. The van der Waals surface area contributed by atoms with Crippen LogP contribution in [0.5, 0.6) is 0 Å². The quantitative estimate of drug-likeness (QED) is 0.917. The summed E-state index contributed by atoms with van der Waals surface area (Å²) in [4.78, 5) is 7.14. The molecule has 1 aromatic rings. The first-order valence-electron chi connectivity index (χ1n) is 7.21. The lowest BCUT2D eigenvalue weighted by atomic mass is 10.1. The Labute approximate surface area is 121 Å². The second-order valence-electron chi connectivity index (χ2n) is 5.21. The fourth-order valence-electron chi connectivity index (χ4n) is 2.64. The van der Waals surface area contributed by atoms with Gasteiger partial charge in [0.15, 0.2) is 0 Å². The molecule has 1 N–H and O–H groups in total. The molecule has 0 bridgehead atoms. The van der Waals surface area contributed by atoms with Gasteiger partial charge in [-0.15, -0.1) is 0 Å². The first kappa shape index (κ1) is 14.7. The maximum absolute atomic E-state index is 4.67. The molecule has 0 saturated carbocycles. The van der Waals surface area contributed by atoms with E-state index in [9.17, 15) is 0 Å². The topological polar surface area (TPSA) is 28.2 Å². The normalized spacial score (nSPS) is 25.4. The molecule has 0 amide bonds. The third kappa shape index (κ3) is 3.23. The molecule has 1 aliphatic rings. The van der Waals surface area contributed by atoms with Crippen molar-refractivity contribution < 1.29 is 0 Å². The molecule has 1 aliphatic heterocycles. The summed E-state index contributed by atoms with van der Waals surface area (Å²) in [5, 5.41) is 4.16. The highest BCUT2D eigenvalue weighted by molar-refractivity contribution is 8.00. The van der Waals surface area contributed by atoms with Gasteiger partial charge in [0.2, 0.25) is 0 Å². The van der Waals surface area contributed by atoms with Crippen molar-refractivity contribution in [1.29, 1.82) is 0 Å². The number of nitrogens with zero attached hydrogens (tertiary/aromatic N) is 2. The molecule has 2 heterocycles. The lowest BCUT2D eigenvalue weighted by Crippen LogP contribution is -2.45. The van der Waals surface area contributed by atoms with E-state index in [1.54, 1.807) is 0 Å². The van der Waals surface area contributed by atoms with Gasteiger partial charge >= 0.3 is 0 Å². The highest BCUT2D eigenvalue weighted by Crippen LogP contribution is 2.31. The molecule has 1 saturated heterocycles. The maximum atomic E-state index is 4.67. The van der Waals surface area contributed by atoms with Crippen LogP contribution in [-0.4, -0.2) is 35.1 Å². The van der Waals surface area contributed by atoms with E-state index in [0.29, 0.717) is 17.3 Å². The summed E-state index contributed by atoms with van der Waals surface area (Å²) < 4.78 is 0. The van der Waals surface area contributed by atoms with Crippen LogP contribution < -0.4 is 10.2 Å². The Balaban J connectivity index is 2.28. The summed E-state index contributed by atoms with van der Waals surface area (Å²) in [6.45, 7) is 11.1. The number of thioether (sulfide) groups is 1. The molecule has 4 heteroatoms. The SMILES string of the molecule is CCNC(C)c1cccnc1N1CCSC(C)C1C. The summed E-state index contributed by atoms with van der Waals surface area (Å²) in [7, 11) is 0. The average molecular weight is 279 g/mol. The smallest absolute Gasteiger partial charge is 0.133 e. The number of hydrogen-bond donors (Lipinski definition) is 1. The minimum absolute atomic E-state index is 0.353. The van der Waals surface area contributed by atoms with E-state index in [2.05, 4.69) is 60.7 Å². The van der Waals surface area contributed by atoms with Crippen LogP contribution in [0.3, 0.4) is 0 Å². The minimum Gasteiger partial charge on any atom is -0.352 e. The minimum atomic E-state index is 0.353. The zero-order valence-corrected chi connectivity index (χ0v) is 13.2. The molecule has 2 rings (SSSR count). The third-order valence-electron chi connectivity index (χ3n) is 3.95. The molecule has 106 valence electrons. The van der Waals surface area contributed by atoms with Gasteiger partial charge in [-0.2, -0.15) is 11.8 Å². The van der Waals surface area contributed by atoms with Crippen LogP contribution >= 0.6 is 11.8 Å². The summed E-state index contributed by atoms with van der Waals surface area (Å²) >= 11 is 2.06. The van der Waals surface area contributed by atoms with Gasteiger partial charge < -0.3 is 10.2 Å².